The lowest BCUT2D eigenvalue weighted by molar-refractivity contribution is 0.0990. The molecule has 4 aromatic rings. The van der Waals surface area contributed by atoms with Gasteiger partial charge in [-0.25, -0.2) is 0 Å². The molecule has 1 aromatic heterocycles. The summed E-state index contributed by atoms with van der Waals surface area (Å²) in [6, 6.07) is 30.1. The molecule has 2 aliphatic rings. The minimum absolute atomic E-state index is 0.127. The number of allylic oxidation sites excluding steroid dienone is 5. The van der Waals surface area contributed by atoms with Crippen LogP contribution in [0.5, 0.6) is 0 Å². The quantitative estimate of drug-likeness (QED) is 0.153. The van der Waals surface area contributed by atoms with Crippen molar-refractivity contribution in [3.8, 4) is 0 Å². The first-order valence-corrected chi connectivity index (χ1v) is 13.3. The third-order valence-corrected chi connectivity index (χ3v) is 8.13. The molecule has 1 aliphatic heterocycles. The van der Waals surface area contributed by atoms with Crippen molar-refractivity contribution < 1.29 is 9.59 Å². The van der Waals surface area contributed by atoms with Crippen LogP contribution in [0, 0.1) is 0 Å². The molecular formula is C34H25NO2S. The van der Waals surface area contributed by atoms with Crippen LogP contribution in [0.2, 0.25) is 0 Å². The third kappa shape index (κ3) is 3.90. The molecule has 0 spiro atoms. The fourth-order valence-corrected chi connectivity index (χ4v) is 6.36. The molecule has 184 valence electrons. The van der Waals surface area contributed by atoms with Crippen molar-refractivity contribution in [2.24, 2.45) is 0 Å². The number of benzene rings is 3. The zero-order valence-corrected chi connectivity index (χ0v) is 21.7. The second-order valence-corrected chi connectivity index (χ2v) is 10.4. The fourth-order valence-electron chi connectivity index (χ4n) is 5.39. The number of para-hydroxylation sites is 1. The molecule has 0 radical (unpaired) electrons. The summed E-state index contributed by atoms with van der Waals surface area (Å²) < 4.78 is 0. The Kier molecular flexibility index (Phi) is 6.10. The second kappa shape index (κ2) is 9.73. The van der Waals surface area contributed by atoms with E-state index in [0.717, 1.165) is 21.3 Å². The van der Waals surface area contributed by atoms with Crippen LogP contribution in [0.15, 0.2) is 133 Å². The molecule has 6 rings (SSSR count). The maximum Gasteiger partial charge on any atom is 0.197 e. The highest BCUT2D eigenvalue weighted by Gasteiger charge is 2.34. The summed E-state index contributed by atoms with van der Waals surface area (Å²) in [5.74, 6) is -0.290. The molecule has 4 heteroatoms. The Hall–Kier alpha value is -4.54. The molecule has 2 heterocycles. The van der Waals surface area contributed by atoms with Crippen LogP contribution in [0.25, 0.3) is 6.08 Å². The first kappa shape index (κ1) is 23.8. The van der Waals surface area contributed by atoms with Crippen LogP contribution in [0.3, 0.4) is 0 Å². The van der Waals surface area contributed by atoms with Gasteiger partial charge in [0.25, 0.3) is 0 Å². The topological polar surface area (TPSA) is 37.4 Å². The minimum Gasteiger partial charge on any atom is -0.302 e. The van der Waals surface area contributed by atoms with Crippen molar-refractivity contribution in [2.75, 3.05) is 4.90 Å². The number of carbonyl (C=O) groups excluding carboxylic acids is 2. The van der Waals surface area contributed by atoms with Gasteiger partial charge in [-0.1, -0.05) is 91.5 Å². The summed E-state index contributed by atoms with van der Waals surface area (Å²) in [4.78, 5) is 29.0. The maximum absolute atomic E-state index is 12.9. The lowest BCUT2D eigenvalue weighted by Crippen LogP contribution is -2.25. The van der Waals surface area contributed by atoms with Crippen molar-refractivity contribution in [3.05, 3.63) is 160 Å². The lowest BCUT2D eigenvalue weighted by atomic mass is 9.80. The number of nitrogens with zero attached hydrogens (tertiary/aromatic N) is 1. The third-order valence-electron chi connectivity index (χ3n) is 7.11. The predicted octanol–water partition coefficient (Wildman–Crippen LogP) is 8.51. The number of hydrogen-bond donors (Lipinski definition) is 0. The van der Waals surface area contributed by atoms with Gasteiger partial charge in [-0.15, -0.1) is 11.3 Å². The van der Waals surface area contributed by atoms with E-state index in [1.54, 1.807) is 47.8 Å². The first-order chi connectivity index (χ1) is 18.6. The molecule has 3 nitrogen and oxygen atoms in total. The van der Waals surface area contributed by atoms with Crippen molar-refractivity contribution >= 4 is 39.7 Å². The van der Waals surface area contributed by atoms with E-state index in [1.165, 1.54) is 16.7 Å². The van der Waals surface area contributed by atoms with Crippen LogP contribution in [0.1, 0.15) is 49.6 Å². The van der Waals surface area contributed by atoms with Crippen molar-refractivity contribution in [3.63, 3.8) is 0 Å². The molecule has 1 aliphatic carbocycles. The van der Waals surface area contributed by atoms with Crippen molar-refractivity contribution in [1.82, 2.24) is 0 Å². The lowest BCUT2D eigenvalue weighted by Gasteiger charge is -2.37. The summed E-state index contributed by atoms with van der Waals surface area (Å²) >= 11 is 1.56. The van der Waals surface area contributed by atoms with Crippen molar-refractivity contribution in [1.29, 1.82) is 0 Å². The Morgan fingerprint density at radius 2 is 1.47 bits per heavy atom. The van der Waals surface area contributed by atoms with Crippen LogP contribution < -0.4 is 4.90 Å². The highest BCUT2D eigenvalue weighted by Crippen LogP contribution is 2.49. The van der Waals surface area contributed by atoms with Gasteiger partial charge in [-0.3, -0.25) is 9.59 Å². The van der Waals surface area contributed by atoms with Crippen LogP contribution in [-0.2, 0) is 0 Å². The second-order valence-electron chi connectivity index (χ2n) is 9.34. The fraction of sp³-hybridized carbons (Fsp3) is 0.0588. The Balaban J connectivity index is 1.46. The average Bonchev–Trinajstić information content (AvgIpc) is 3.51. The molecular weight excluding hydrogens is 486 g/mol. The molecule has 3 aromatic carbocycles. The van der Waals surface area contributed by atoms with Gasteiger partial charge in [0, 0.05) is 27.6 Å². The van der Waals surface area contributed by atoms with E-state index >= 15 is 0 Å². The number of hydrogen-bond acceptors (Lipinski definition) is 4. The SMILES string of the molecule is C=C/C=C\C1=C(C)C(c2ccccc2)c2ccccc2N1c1ccc(C=C2C(=O)c3ccccc3C2=O)s1. The standard InChI is InChI=1S/C34H25NO2S/c1-3-4-17-29-22(2)32(23-12-6-5-7-13-23)27-16-10-11-18-30(27)35(29)31-20-19-24(38-31)21-28-33(36)25-14-8-9-15-26(25)34(28)37/h3-21,32H,1H2,2H3/b17-4-. The Morgan fingerprint density at radius 3 is 2.18 bits per heavy atom. The van der Waals surface area contributed by atoms with Gasteiger partial charge in [0.15, 0.2) is 11.6 Å². The minimum atomic E-state index is -0.208. The molecule has 0 saturated carbocycles. The van der Waals surface area contributed by atoms with E-state index in [0.29, 0.717) is 11.1 Å². The molecule has 1 atom stereocenters. The van der Waals surface area contributed by atoms with Gasteiger partial charge in [0.05, 0.1) is 11.3 Å². The summed E-state index contributed by atoms with van der Waals surface area (Å²) in [7, 11) is 0. The molecule has 0 saturated heterocycles. The van der Waals surface area contributed by atoms with Gasteiger partial charge in [0.1, 0.15) is 5.00 Å². The Morgan fingerprint density at radius 1 is 0.816 bits per heavy atom. The number of ketones is 2. The van der Waals surface area contributed by atoms with E-state index in [9.17, 15) is 9.59 Å². The van der Waals surface area contributed by atoms with Gasteiger partial charge in [-0.2, -0.15) is 0 Å². The van der Waals surface area contributed by atoms with E-state index < -0.39 is 0 Å². The zero-order valence-electron chi connectivity index (χ0n) is 20.9. The Bertz CT molecular complexity index is 1650. The molecule has 38 heavy (non-hydrogen) atoms. The summed E-state index contributed by atoms with van der Waals surface area (Å²) in [5.41, 5.74) is 7.09. The van der Waals surface area contributed by atoms with E-state index in [1.807, 2.05) is 18.2 Å². The molecule has 0 amide bonds. The summed E-state index contributed by atoms with van der Waals surface area (Å²) in [6.07, 6.45) is 7.59. The summed E-state index contributed by atoms with van der Waals surface area (Å²) in [6.45, 7) is 6.07. The number of fused-ring (bicyclic) bond motifs is 2. The number of thiophene rings is 1. The average molecular weight is 512 g/mol. The molecule has 0 fully saturated rings. The normalized spacial score (nSPS) is 16.7. The molecule has 0 N–H and O–H groups in total. The van der Waals surface area contributed by atoms with Gasteiger partial charge < -0.3 is 4.90 Å². The van der Waals surface area contributed by atoms with E-state index in [2.05, 4.69) is 79.1 Å². The van der Waals surface area contributed by atoms with E-state index in [-0.39, 0.29) is 23.1 Å². The number of rotatable bonds is 5. The number of carbonyl (C=O) groups is 2. The van der Waals surface area contributed by atoms with Crippen LogP contribution in [-0.4, -0.2) is 11.6 Å². The van der Waals surface area contributed by atoms with Crippen LogP contribution in [0.4, 0.5) is 10.7 Å². The monoisotopic (exact) mass is 511 g/mol. The van der Waals surface area contributed by atoms with E-state index in [4.69, 9.17) is 0 Å². The molecule has 0 bridgehead atoms. The largest absolute Gasteiger partial charge is 0.302 e. The molecule has 1 unspecified atom stereocenters. The zero-order chi connectivity index (χ0) is 26.2. The predicted molar refractivity (Wildman–Crippen MR) is 156 cm³/mol. The Labute approximate surface area is 226 Å². The van der Waals surface area contributed by atoms with Gasteiger partial charge in [-0.05, 0) is 54.0 Å². The highest BCUT2D eigenvalue weighted by atomic mass is 32.1. The van der Waals surface area contributed by atoms with Crippen LogP contribution >= 0.6 is 11.3 Å². The highest BCUT2D eigenvalue weighted by molar-refractivity contribution is 7.17. The van der Waals surface area contributed by atoms with Gasteiger partial charge >= 0.3 is 0 Å². The first-order valence-electron chi connectivity index (χ1n) is 12.5. The van der Waals surface area contributed by atoms with Crippen molar-refractivity contribution in [2.45, 2.75) is 12.8 Å². The number of Topliss-reactive ketones (excluding diaryl/α,β-unsaturated/α-hetero) is 2. The van der Waals surface area contributed by atoms with Gasteiger partial charge in [0.2, 0.25) is 0 Å². The smallest absolute Gasteiger partial charge is 0.197 e. The maximum atomic E-state index is 12.9. The summed E-state index contributed by atoms with van der Waals surface area (Å²) in [5, 5.41) is 1.01. The number of anilines is 2.